The van der Waals surface area contributed by atoms with Gasteiger partial charge in [0.25, 0.3) is 5.56 Å². The second kappa shape index (κ2) is 4.96. The van der Waals surface area contributed by atoms with Crippen molar-refractivity contribution in [3.63, 3.8) is 0 Å². The fourth-order valence-corrected chi connectivity index (χ4v) is 1.48. The fraction of sp³-hybridized carbons (Fsp3) is 0.500. The van der Waals surface area contributed by atoms with Crippen LogP contribution in [0.5, 0.6) is 0 Å². The van der Waals surface area contributed by atoms with Gasteiger partial charge in [-0.2, -0.15) is 0 Å². The molecule has 0 spiro atoms. The topological polar surface area (TPSA) is 59.2 Å². The molecule has 4 heteroatoms. The van der Waals surface area contributed by atoms with E-state index in [0.717, 1.165) is 5.69 Å². The predicted octanol–water partition coefficient (Wildman–Crippen LogP) is 1.98. The molecule has 0 bridgehead atoms. The Kier molecular flexibility index (Phi) is 3.88. The number of rotatable bonds is 3. The number of hydrogen-bond donors (Lipinski definition) is 1. The summed E-state index contributed by atoms with van der Waals surface area (Å²) < 4.78 is 4.83. The summed E-state index contributed by atoms with van der Waals surface area (Å²) in [6.45, 7) is 7.68. The number of hydrogen-bond acceptors (Lipinski definition) is 3. The van der Waals surface area contributed by atoms with Gasteiger partial charge in [0.05, 0.1) is 6.61 Å². The number of pyridine rings is 1. The average Bonchev–Trinajstić information content (AvgIpc) is 2.16. The second-order valence-corrected chi connectivity index (χ2v) is 3.99. The van der Waals surface area contributed by atoms with Gasteiger partial charge in [-0.15, -0.1) is 0 Å². The molecule has 0 saturated carbocycles. The molecule has 0 aromatic carbocycles. The van der Waals surface area contributed by atoms with Gasteiger partial charge in [-0.25, -0.2) is 4.79 Å². The van der Waals surface area contributed by atoms with E-state index in [-0.39, 0.29) is 23.6 Å². The van der Waals surface area contributed by atoms with Crippen molar-refractivity contribution in [3.05, 3.63) is 33.2 Å². The number of nitrogens with one attached hydrogen (secondary N) is 1. The molecule has 1 aromatic rings. The quantitative estimate of drug-likeness (QED) is 0.797. The predicted molar refractivity (Wildman–Crippen MR) is 61.8 cm³/mol. The second-order valence-electron chi connectivity index (χ2n) is 3.99. The maximum Gasteiger partial charge on any atom is 0.344 e. The van der Waals surface area contributed by atoms with Gasteiger partial charge in [-0.1, -0.05) is 13.8 Å². The van der Waals surface area contributed by atoms with Gasteiger partial charge in [0, 0.05) is 5.69 Å². The van der Waals surface area contributed by atoms with Gasteiger partial charge in [0.1, 0.15) is 5.56 Å². The Labute approximate surface area is 94.6 Å². The van der Waals surface area contributed by atoms with E-state index in [4.69, 9.17) is 4.74 Å². The van der Waals surface area contributed by atoms with E-state index in [1.807, 2.05) is 19.9 Å². The molecule has 0 amide bonds. The van der Waals surface area contributed by atoms with Gasteiger partial charge in [-0.05, 0) is 31.4 Å². The smallest absolute Gasteiger partial charge is 0.344 e. The molecule has 0 radical (unpaired) electrons. The van der Waals surface area contributed by atoms with Crippen LogP contribution in [0.3, 0.4) is 0 Å². The summed E-state index contributed by atoms with van der Waals surface area (Å²) in [4.78, 5) is 25.9. The SMILES string of the molecule is CCOC(=O)c1c(C)cc(C(C)C)[nH]c1=O. The lowest BCUT2D eigenvalue weighted by Gasteiger charge is -2.09. The standard InChI is InChI=1S/C12H17NO3/c1-5-16-12(15)10-8(4)6-9(7(2)3)13-11(10)14/h6-7H,5H2,1-4H3,(H,13,14). The molecule has 4 nitrogen and oxygen atoms in total. The highest BCUT2D eigenvalue weighted by Gasteiger charge is 2.16. The minimum atomic E-state index is -0.559. The zero-order valence-electron chi connectivity index (χ0n) is 10.1. The number of aryl methyl sites for hydroxylation is 1. The van der Waals surface area contributed by atoms with Crippen LogP contribution in [0.4, 0.5) is 0 Å². The van der Waals surface area contributed by atoms with Gasteiger partial charge in [0.15, 0.2) is 0 Å². The molecule has 1 rings (SSSR count). The third kappa shape index (κ3) is 2.51. The fourth-order valence-electron chi connectivity index (χ4n) is 1.48. The van der Waals surface area contributed by atoms with E-state index >= 15 is 0 Å². The Morgan fingerprint density at radius 2 is 2.12 bits per heavy atom. The van der Waals surface area contributed by atoms with Crippen LogP contribution in [0.25, 0.3) is 0 Å². The third-order valence-corrected chi connectivity index (χ3v) is 2.35. The van der Waals surface area contributed by atoms with E-state index in [9.17, 15) is 9.59 Å². The largest absolute Gasteiger partial charge is 0.462 e. The molecule has 16 heavy (non-hydrogen) atoms. The highest BCUT2D eigenvalue weighted by atomic mass is 16.5. The molecule has 0 aliphatic rings. The summed E-state index contributed by atoms with van der Waals surface area (Å²) in [6.07, 6.45) is 0. The summed E-state index contributed by atoms with van der Waals surface area (Å²) >= 11 is 0. The molecule has 88 valence electrons. The number of ether oxygens (including phenoxy) is 1. The van der Waals surface area contributed by atoms with Gasteiger partial charge in [-0.3, -0.25) is 4.79 Å². The van der Waals surface area contributed by atoms with Crippen LogP contribution in [0.15, 0.2) is 10.9 Å². The van der Waals surface area contributed by atoms with Crippen LogP contribution in [-0.4, -0.2) is 17.6 Å². The van der Waals surface area contributed by atoms with Crippen molar-refractivity contribution in [1.82, 2.24) is 4.98 Å². The van der Waals surface area contributed by atoms with E-state index in [0.29, 0.717) is 5.56 Å². The highest BCUT2D eigenvalue weighted by molar-refractivity contribution is 5.90. The number of aromatic amines is 1. The Balaban J connectivity index is 3.23. The molecule has 1 heterocycles. The summed E-state index contributed by atoms with van der Waals surface area (Å²) in [7, 11) is 0. The summed E-state index contributed by atoms with van der Waals surface area (Å²) in [6, 6.07) is 1.82. The van der Waals surface area contributed by atoms with E-state index < -0.39 is 5.97 Å². The van der Waals surface area contributed by atoms with Gasteiger partial charge < -0.3 is 9.72 Å². The van der Waals surface area contributed by atoms with Crippen LogP contribution >= 0.6 is 0 Å². The van der Waals surface area contributed by atoms with Crippen molar-refractivity contribution in [2.75, 3.05) is 6.61 Å². The maximum atomic E-state index is 11.7. The van der Waals surface area contributed by atoms with Crippen molar-refractivity contribution in [2.24, 2.45) is 0 Å². The minimum Gasteiger partial charge on any atom is -0.462 e. The first kappa shape index (κ1) is 12.5. The first-order valence-electron chi connectivity index (χ1n) is 5.38. The molecule has 0 aliphatic heterocycles. The lowest BCUT2D eigenvalue weighted by Crippen LogP contribution is -2.23. The van der Waals surface area contributed by atoms with Crippen LogP contribution in [-0.2, 0) is 4.74 Å². The summed E-state index contributed by atoms with van der Waals surface area (Å²) in [5.41, 5.74) is 1.22. The number of H-pyrrole nitrogens is 1. The van der Waals surface area contributed by atoms with Crippen molar-refractivity contribution >= 4 is 5.97 Å². The van der Waals surface area contributed by atoms with Crippen LogP contribution in [0.1, 0.15) is 48.3 Å². The van der Waals surface area contributed by atoms with E-state index in [1.165, 1.54) is 0 Å². The average molecular weight is 223 g/mol. The lowest BCUT2D eigenvalue weighted by atomic mass is 10.0. The minimum absolute atomic E-state index is 0.103. The van der Waals surface area contributed by atoms with Gasteiger partial charge in [0.2, 0.25) is 0 Å². The first-order chi connectivity index (χ1) is 7.47. The normalized spacial score (nSPS) is 10.6. The van der Waals surface area contributed by atoms with Crippen molar-refractivity contribution in [2.45, 2.75) is 33.6 Å². The highest BCUT2D eigenvalue weighted by Crippen LogP contribution is 2.13. The third-order valence-electron chi connectivity index (χ3n) is 2.35. The molecule has 1 N–H and O–H groups in total. The van der Waals surface area contributed by atoms with Crippen molar-refractivity contribution in [3.8, 4) is 0 Å². The number of carbonyl (C=O) groups excluding carboxylic acids is 1. The van der Waals surface area contributed by atoms with E-state index in [2.05, 4.69) is 4.98 Å². The van der Waals surface area contributed by atoms with Crippen LogP contribution in [0, 0.1) is 6.92 Å². The molecule has 1 aromatic heterocycles. The first-order valence-corrected chi connectivity index (χ1v) is 5.38. The molecular weight excluding hydrogens is 206 g/mol. The Morgan fingerprint density at radius 1 is 1.50 bits per heavy atom. The molecule has 0 aliphatic carbocycles. The zero-order chi connectivity index (χ0) is 12.3. The zero-order valence-corrected chi connectivity index (χ0v) is 10.1. The summed E-state index contributed by atoms with van der Waals surface area (Å²) in [5.74, 6) is -0.334. The Morgan fingerprint density at radius 3 is 2.56 bits per heavy atom. The molecular formula is C12H17NO3. The monoisotopic (exact) mass is 223 g/mol. The van der Waals surface area contributed by atoms with Crippen molar-refractivity contribution in [1.29, 1.82) is 0 Å². The number of carbonyl (C=O) groups is 1. The van der Waals surface area contributed by atoms with E-state index in [1.54, 1.807) is 13.8 Å². The molecule has 0 fully saturated rings. The summed E-state index contributed by atoms with van der Waals surface area (Å²) in [5, 5.41) is 0. The lowest BCUT2D eigenvalue weighted by molar-refractivity contribution is 0.0523. The number of esters is 1. The maximum absolute atomic E-state index is 11.7. The number of aromatic nitrogens is 1. The molecule has 0 unspecified atom stereocenters. The Bertz CT molecular complexity index is 446. The molecule has 0 saturated heterocycles. The van der Waals surface area contributed by atoms with Crippen LogP contribution in [0.2, 0.25) is 0 Å². The molecule has 0 atom stereocenters. The van der Waals surface area contributed by atoms with Crippen molar-refractivity contribution < 1.29 is 9.53 Å². The Hall–Kier alpha value is -1.58. The van der Waals surface area contributed by atoms with Gasteiger partial charge >= 0.3 is 5.97 Å². The van der Waals surface area contributed by atoms with Crippen LogP contribution < -0.4 is 5.56 Å².